The maximum Gasteiger partial charge on any atom is 0.142 e. The molecule has 19 heavy (non-hydrogen) atoms. The molecule has 0 radical (unpaired) electrons. The molecule has 0 aliphatic rings. The topological polar surface area (TPSA) is 12.9 Å². The zero-order chi connectivity index (χ0) is 14.0. The molecular formula is C14H11Cl2F2N. The Kier molecular flexibility index (Phi) is 4.38. The largest absolute Gasteiger partial charge is 0.261 e. The van der Waals surface area contributed by atoms with E-state index < -0.39 is 17.0 Å². The third kappa shape index (κ3) is 3.04. The van der Waals surface area contributed by atoms with Crippen LogP contribution < -0.4 is 0 Å². The molecule has 0 aliphatic heterocycles. The predicted octanol–water partition coefficient (Wildman–Crippen LogP) is 5.10. The standard InChI is InChI=1S/C14H11Cl2F2N/c1-8(13-4-2-3-5-19-13)14(16)9-6-12(18)10(15)7-11(9)17/h2-8,14H,1H3. The Labute approximate surface area is 120 Å². The van der Waals surface area contributed by atoms with Crippen LogP contribution in [0.25, 0.3) is 0 Å². The molecule has 0 amide bonds. The number of benzene rings is 1. The van der Waals surface area contributed by atoms with Gasteiger partial charge in [0, 0.05) is 23.4 Å². The molecule has 1 aromatic heterocycles. The van der Waals surface area contributed by atoms with Crippen LogP contribution in [0.2, 0.25) is 5.02 Å². The lowest BCUT2D eigenvalue weighted by Crippen LogP contribution is -2.07. The molecule has 2 atom stereocenters. The first-order chi connectivity index (χ1) is 9.00. The van der Waals surface area contributed by atoms with E-state index in [9.17, 15) is 8.78 Å². The summed E-state index contributed by atoms with van der Waals surface area (Å²) < 4.78 is 27.2. The fourth-order valence-electron chi connectivity index (χ4n) is 1.81. The highest BCUT2D eigenvalue weighted by molar-refractivity contribution is 6.30. The average molecular weight is 302 g/mol. The van der Waals surface area contributed by atoms with Gasteiger partial charge in [-0.3, -0.25) is 4.98 Å². The van der Waals surface area contributed by atoms with E-state index in [1.54, 1.807) is 18.3 Å². The summed E-state index contributed by atoms with van der Waals surface area (Å²) in [6, 6.07) is 7.37. The second-order valence-electron chi connectivity index (χ2n) is 4.23. The number of aromatic nitrogens is 1. The summed E-state index contributed by atoms with van der Waals surface area (Å²) in [5.41, 5.74) is 0.805. The van der Waals surface area contributed by atoms with Crippen molar-refractivity contribution in [2.45, 2.75) is 18.2 Å². The van der Waals surface area contributed by atoms with Gasteiger partial charge in [0.15, 0.2) is 0 Å². The summed E-state index contributed by atoms with van der Waals surface area (Å²) in [6.07, 6.45) is 1.63. The third-order valence-electron chi connectivity index (χ3n) is 2.93. The second-order valence-corrected chi connectivity index (χ2v) is 5.11. The number of nitrogens with zero attached hydrogens (tertiary/aromatic N) is 1. The normalized spacial score (nSPS) is 14.2. The van der Waals surface area contributed by atoms with Crippen molar-refractivity contribution in [1.82, 2.24) is 4.98 Å². The van der Waals surface area contributed by atoms with Crippen molar-refractivity contribution in [2.75, 3.05) is 0 Å². The average Bonchev–Trinajstić information content (AvgIpc) is 2.42. The number of hydrogen-bond donors (Lipinski definition) is 0. The Morgan fingerprint density at radius 2 is 1.89 bits per heavy atom. The van der Waals surface area contributed by atoms with Gasteiger partial charge in [-0.25, -0.2) is 8.78 Å². The number of alkyl halides is 1. The first-order valence-electron chi connectivity index (χ1n) is 5.70. The van der Waals surface area contributed by atoms with E-state index in [1.807, 2.05) is 13.0 Å². The van der Waals surface area contributed by atoms with Gasteiger partial charge < -0.3 is 0 Å². The Morgan fingerprint density at radius 3 is 2.53 bits per heavy atom. The number of pyridine rings is 1. The summed E-state index contributed by atoms with van der Waals surface area (Å²) in [5.74, 6) is -1.55. The van der Waals surface area contributed by atoms with Gasteiger partial charge in [0.05, 0.1) is 10.4 Å². The van der Waals surface area contributed by atoms with Crippen LogP contribution in [0, 0.1) is 11.6 Å². The highest BCUT2D eigenvalue weighted by atomic mass is 35.5. The third-order valence-corrected chi connectivity index (χ3v) is 3.83. The lowest BCUT2D eigenvalue weighted by Gasteiger charge is -2.18. The number of rotatable bonds is 3. The molecule has 2 unspecified atom stereocenters. The van der Waals surface area contributed by atoms with Gasteiger partial charge in [0.2, 0.25) is 0 Å². The Morgan fingerprint density at radius 1 is 1.16 bits per heavy atom. The van der Waals surface area contributed by atoms with Crippen LogP contribution in [-0.2, 0) is 0 Å². The summed E-state index contributed by atoms with van der Waals surface area (Å²) in [4.78, 5) is 4.17. The van der Waals surface area contributed by atoms with E-state index in [0.717, 1.165) is 17.8 Å². The minimum atomic E-state index is -0.721. The van der Waals surface area contributed by atoms with Gasteiger partial charge >= 0.3 is 0 Å². The molecule has 0 spiro atoms. The summed E-state index contributed by atoms with van der Waals surface area (Å²) >= 11 is 11.7. The summed E-state index contributed by atoms with van der Waals surface area (Å²) in [6.45, 7) is 1.81. The van der Waals surface area contributed by atoms with Gasteiger partial charge in [-0.2, -0.15) is 0 Å². The molecule has 5 heteroatoms. The van der Waals surface area contributed by atoms with E-state index in [4.69, 9.17) is 23.2 Å². The zero-order valence-corrected chi connectivity index (χ0v) is 11.6. The molecule has 1 nitrogen and oxygen atoms in total. The molecule has 0 N–H and O–H groups in total. The van der Waals surface area contributed by atoms with Gasteiger partial charge in [-0.15, -0.1) is 11.6 Å². The van der Waals surface area contributed by atoms with Crippen molar-refractivity contribution in [3.05, 3.63) is 64.4 Å². The molecule has 0 saturated heterocycles. The monoisotopic (exact) mass is 301 g/mol. The predicted molar refractivity (Wildman–Crippen MR) is 72.6 cm³/mol. The van der Waals surface area contributed by atoms with Crippen molar-refractivity contribution in [3.8, 4) is 0 Å². The molecule has 2 aromatic rings. The molecular weight excluding hydrogens is 291 g/mol. The molecule has 1 aromatic carbocycles. The second kappa shape index (κ2) is 5.85. The Bertz CT molecular complexity index is 575. The highest BCUT2D eigenvalue weighted by Gasteiger charge is 2.23. The van der Waals surface area contributed by atoms with Crippen LogP contribution in [-0.4, -0.2) is 4.98 Å². The smallest absolute Gasteiger partial charge is 0.142 e. The lowest BCUT2D eigenvalue weighted by atomic mass is 9.96. The maximum atomic E-state index is 13.8. The minimum Gasteiger partial charge on any atom is -0.261 e. The fraction of sp³-hybridized carbons (Fsp3) is 0.214. The van der Waals surface area contributed by atoms with Gasteiger partial charge in [0.25, 0.3) is 0 Å². The highest BCUT2D eigenvalue weighted by Crippen LogP contribution is 2.37. The SMILES string of the molecule is CC(c1ccccn1)C(Cl)c1cc(F)c(Cl)cc1F. The number of halogens is 4. The lowest BCUT2D eigenvalue weighted by molar-refractivity contribution is 0.569. The van der Waals surface area contributed by atoms with Crippen LogP contribution in [0.5, 0.6) is 0 Å². The molecule has 0 bridgehead atoms. The molecule has 0 saturated carbocycles. The van der Waals surface area contributed by atoms with E-state index >= 15 is 0 Å². The van der Waals surface area contributed by atoms with Crippen LogP contribution in [0.15, 0.2) is 36.5 Å². The Hall–Kier alpha value is -1.19. The van der Waals surface area contributed by atoms with E-state index in [0.29, 0.717) is 0 Å². The zero-order valence-electron chi connectivity index (χ0n) is 10.1. The van der Waals surface area contributed by atoms with Crippen molar-refractivity contribution in [1.29, 1.82) is 0 Å². The quantitative estimate of drug-likeness (QED) is 0.568. The maximum absolute atomic E-state index is 13.8. The van der Waals surface area contributed by atoms with Crippen LogP contribution in [0.3, 0.4) is 0 Å². The first kappa shape index (κ1) is 14.2. The summed E-state index contributed by atoms with van der Waals surface area (Å²) in [7, 11) is 0. The summed E-state index contributed by atoms with van der Waals surface area (Å²) in [5, 5.41) is -0.975. The minimum absolute atomic E-state index is 0.0849. The Balaban J connectivity index is 2.34. The van der Waals surface area contributed by atoms with Crippen LogP contribution >= 0.6 is 23.2 Å². The molecule has 1 heterocycles. The van der Waals surface area contributed by atoms with Crippen molar-refractivity contribution < 1.29 is 8.78 Å². The first-order valence-corrected chi connectivity index (χ1v) is 6.51. The van der Waals surface area contributed by atoms with Crippen LogP contribution in [0.1, 0.15) is 29.5 Å². The molecule has 2 rings (SSSR count). The van der Waals surface area contributed by atoms with Crippen LogP contribution in [0.4, 0.5) is 8.78 Å². The fourth-order valence-corrected chi connectivity index (χ4v) is 2.26. The van der Waals surface area contributed by atoms with Crippen molar-refractivity contribution in [2.24, 2.45) is 0 Å². The molecule has 100 valence electrons. The van der Waals surface area contributed by atoms with Gasteiger partial charge in [-0.05, 0) is 24.3 Å². The molecule has 0 fully saturated rings. The van der Waals surface area contributed by atoms with Crippen molar-refractivity contribution in [3.63, 3.8) is 0 Å². The van der Waals surface area contributed by atoms with E-state index in [2.05, 4.69) is 4.98 Å². The van der Waals surface area contributed by atoms with E-state index in [1.165, 1.54) is 0 Å². The van der Waals surface area contributed by atoms with E-state index in [-0.39, 0.29) is 16.5 Å². The van der Waals surface area contributed by atoms with Crippen molar-refractivity contribution >= 4 is 23.2 Å². The molecule has 0 aliphatic carbocycles. The van der Waals surface area contributed by atoms with Gasteiger partial charge in [0.1, 0.15) is 11.6 Å². The number of hydrogen-bond acceptors (Lipinski definition) is 1. The van der Waals surface area contributed by atoms with Gasteiger partial charge in [-0.1, -0.05) is 24.6 Å².